The SMILES string of the molecule is CCc1ccc2c(C(C(=O)O)N3CC[C@@H](OCCCCc4ccc5c(n4)NCCC5)C3)cccc2n1. The minimum Gasteiger partial charge on any atom is -0.480 e. The van der Waals surface area contributed by atoms with Gasteiger partial charge in [-0.1, -0.05) is 31.2 Å². The summed E-state index contributed by atoms with van der Waals surface area (Å²) in [6, 6.07) is 13.5. The van der Waals surface area contributed by atoms with Gasteiger partial charge in [-0.2, -0.15) is 0 Å². The number of anilines is 1. The summed E-state index contributed by atoms with van der Waals surface area (Å²) in [6.07, 6.45) is 7.02. The molecule has 7 heteroatoms. The van der Waals surface area contributed by atoms with Crippen molar-refractivity contribution >= 4 is 22.7 Å². The van der Waals surface area contributed by atoms with Crippen molar-refractivity contribution in [3.05, 3.63) is 65.0 Å². The number of rotatable bonds is 10. The van der Waals surface area contributed by atoms with E-state index >= 15 is 0 Å². The first-order chi connectivity index (χ1) is 17.6. The molecule has 4 heterocycles. The van der Waals surface area contributed by atoms with Crippen molar-refractivity contribution in [1.82, 2.24) is 14.9 Å². The van der Waals surface area contributed by atoms with Gasteiger partial charge in [-0.3, -0.25) is 14.7 Å². The number of aryl methyl sites for hydroxylation is 3. The Morgan fingerprint density at radius 1 is 1.17 bits per heavy atom. The molecule has 0 spiro atoms. The number of unbranched alkanes of at least 4 members (excludes halogenated alkanes) is 1. The molecule has 0 bridgehead atoms. The Balaban J connectivity index is 1.14. The number of aliphatic carboxylic acids is 1. The lowest BCUT2D eigenvalue weighted by Crippen LogP contribution is -2.33. The van der Waals surface area contributed by atoms with Crippen LogP contribution in [0.3, 0.4) is 0 Å². The average molecular weight is 489 g/mol. The third kappa shape index (κ3) is 5.52. The first-order valence-electron chi connectivity index (χ1n) is 13.3. The third-order valence-electron chi connectivity index (χ3n) is 7.39. The van der Waals surface area contributed by atoms with E-state index in [1.165, 1.54) is 12.0 Å². The summed E-state index contributed by atoms with van der Waals surface area (Å²) in [5, 5.41) is 14.5. The van der Waals surface area contributed by atoms with Crippen LogP contribution in [0.15, 0.2) is 42.5 Å². The zero-order valence-electron chi connectivity index (χ0n) is 21.1. The van der Waals surface area contributed by atoms with Gasteiger partial charge in [-0.15, -0.1) is 0 Å². The first-order valence-corrected chi connectivity index (χ1v) is 13.3. The molecular formula is C29H36N4O3. The standard InChI is InChI=1S/C29H36N4O3/c1-2-21-13-14-24-25(9-5-10-26(24)31-21)27(29(34)35)33-17-15-23(19-33)36-18-4-3-8-22-12-11-20-7-6-16-30-28(20)32-22/h5,9-14,23,27H,2-4,6-8,15-19H2,1H3,(H,30,32)(H,34,35)/t23-,27?/m1/s1. The summed E-state index contributed by atoms with van der Waals surface area (Å²) in [7, 11) is 0. The first kappa shape index (κ1) is 24.7. The molecule has 5 rings (SSSR count). The van der Waals surface area contributed by atoms with E-state index in [1.54, 1.807) is 0 Å². The molecule has 2 aliphatic heterocycles. The number of carboxylic acid groups (broad SMARTS) is 1. The molecule has 0 radical (unpaired) electrons. The van der Waals surface area contributed by atoms with Gasteiger partial charge < -0.3 is 15.2 Å². The number of fused-ring (bicyclic) bond motifs is 2. The summed E-state index contributed by atoms with van der Waals surface area (Å²) < 4.78 is 6.17. The molecule has 1 aromatic carbocycles. The molecule has 2 atom stereocenters. The lowest BCUT2D eigenvalue weighted by Gasteiger charge is -2.25. The van der Waals surface area contributed by atoms with Gasteiger partial charge in [0.2, 0.25) is 0 Å². The molecule has 1 fully saturated rings. The van der Waals surface area contributed by atoms with Crippen LogP contribution in [0.25, 0.3) is 10.9 Å². The number of carbonyl (C=O) groups is 1. The van der Waals surface area contributed by atoms with Crippen molar-refractivity contribution in [3.8, 4) is 0 Å². The Bertz CT molecular complexity index is 1210. The van der Waals surface area contributed by atoms with Crippen LogP contribution in [-0.2, 0) is 28.8 Å². The van der Waals surface area contributed by atoms with Crippen LogP contribution >= 0.6 is 0 Å². The molecule has 1 saturated heterocycles. The Morgan fingerprint density at radius 2 is 2.06 bits per heavy atom. The number of aromatic nitrogens is 2. The summed E-state index contributed by atoms with van der Waals surface area (Å²) >= 11 is 0. The number of pyridine rings is 2. The molecular weight excluding hydrogens is 452 g/mol. The lowest BCUT2D eigenvalue weighted by atomic mass is 9.99. The van der Waals surface area contributed by atoms with E-state index in [2.05, 4.69) is 24.4 Å². The summed E-state index contributed by atoms with van der Waals surface area (Å²) in [5.41, 5.74) is 5.14. The number of carboxylic acids is 1. The molecule has 1 unspecified atom stereocenters. The topological polar surface area (TPSA) is 87.6 Å². The van der Waals surface area contributed by atoms with Gasteiger partial charge in [-0.25, -0.2) is 4.98 Å². The maximum absolute atomic E-state index is 12.4. The zero-order valence-corrected chi connectivity index (χ0v) is 21.1. The van der Waals surface area contributed by atoms with E-state index < -0.39 is 12.0 Å². The third-order valence-corrected chi connectivity index (χ3v) is 7.39. The van der Waals surface area contributed by atoms with E-state index in [0.29, 0.717) is 19.7 Å². The van der Waals surface area contributed by atoms with Gasteiger partial charge in [0.25, 0.3) is 0 Å². The fraction of sp³-hybridized carbons (Fsp3) is 0.483. The maximum atomic E-state index is 12.4. The highest BCUT2D eigenvalue weighted by molar-refractivity contribution is 5.88. The molecule has 2 aliphatic rings. The average Bonchev–Trinajstić information content (AvgIpc) is 3.36. The molecule has 3 aromatic rings. The van der Waals surface area contributed by atoms with Crippen LogP contribution < -0.4 is 5.32 Å². The Labute approximate surface area is 212 Å². The van der Waals surface area contributed by atoms with Crippen molar-refractivity contribution in [2.45, 2.75) is 64.0 Å². The Hall–Kier alpha value is -3.03. The van der Waals surface area contributed by atoms with Crippen LogP contribution in [-0.4, -0.2) is 58.3 Å². The van der Waals surface area contributed by atoms with E-state index in [4.69, 9.17) is 14.7 Å². The van der Waals surface area contributed by atoms with Gasteiger partial charge in [0, 0.05) is 43.0 Å². The fourth-order valence-corrected chi connectivity index (χ4v) is 5.43. The van der Waals surface area contributed by atoms with Gasteiger partial charge in [-0.05, 0) is 74.3 Å². The van der Waals surface area contributed by atoms with Crippen LogP contribution in [0.2, 0.25) is 0 Å². The maximum Gasteiger partial charge on any atom is 0.325 e. The van der Waals surface area contributed by atoms with E-state index in [0.717, 1.165) is 78.7 Å². The van der Waals surface area contributed by atoms with Gasteiger partial charge in [0.05, 0.1) is 11.6 Å². The second-order valence-electron chi connectivity index (χ2n) is 9.89. The van der Waals surface area contributed by atoms with Crippen LogP contribution in [0.5, 0.6) is 0 Å². The quantitative estimate of drug-likeness (QED) is 0.397. The highest BCUT2D eigenvalue weighted by Crippen LogP contribution is 2.31. The normalized spacial score (nSPS) is 18.6. The van der Waals surface area contributed by atoms with Crippen LogP contribution in [0, 0.1) is 0 Å². The lowest BCUT2D eigenvalue weighted by molar-refractivity contribution is -0.143. The summed E-state index contributed by atoms with van der Waals surface area (Å²) in [5.74, 6) is 0.233. The zero-order chi connectivity index (χ0) is 24.9. The largest absolute Gasteiger partial charge is 0.480 e. The van der Waals surface area contributed by atoms with Crippen molar-refractivity contribution in [2.75, 3.05) is 31.6 Å². The minimum atomic E-state index is -0.824. The molecule has 190 valence electrons. The number of hydrogen-bond acceptors (Lipinski definition) is 6. The molecule has 7 nitrogen and oxygen atoms in total. The van der Waals surface area contributed by atoms with Crippen molar-refractivity contribution in [3.63, 3.8) is 0 Å². The van der Waals surface area contributed by atoms with Gasteiger partial charge >= 0.3 is 5.97 Å². The summed E-state index contributed by atoms with van der Waals surface area (Å²) in [4.78, 5) is 23.9. The predicted octanol–water partition coefficient (Wildman–Crippen LogP) is 4.79. The molecule has 0 saturated carbocycles. The fourth-order valence-electron chi connectivity index (χ4n) is 5.43. The second-order valence-corrected chi connectivity index (χ2v) is 9.89. The Kier molecular flexibility index (Phi) is 7.78. The van der Waals surface area contributed by atoms with E-state index in [1.807, 2.05) is 35.2 Å². The van der Waals surface area contributed by atoms with Gasteiger partial charge in [0.15, 0.2) is 0 Å². The molecule has 2 aromatic heterocycles. The van der Waals surface area contributed by atoms with Crippen molar-refractivity contribution < 1.29 is 14.6 Å². The molecule has 0 aliphatic carbocycles. The highest BCUT2D eigenvalue weighted by Gasteiger charge is 2.34. The minimum absolute atomic E-state index is 0.0673. The highest BCUT2D eigenvalue weighted by atomic mass is 16.5. The van der Waals surface area contributed by atoms with Crippen molar-refractivity contribution in [1.29, 1.82) is 0 Å². The number of nitrogens with zero attached hydrogens (tertiary/aromatic N) is 3. The number of likely N-dealkylation sites (tertiary alicyclic amines) is 1. The second kappa shape index (κ2) is 11.4. The molecule has 0 amide bonds. The number of benzene rings is 1. The number of ether oxygens (including phenoxy) is 1. The van der Waals surface area contributed by atoms with Crippen LogP contribution in [0.1, 0.15) is 61.2 Å². The number of nitrogens with one attached hydrogen (secondary N) is 1. The van der Waals surface area contributed by atoms with Crippen molar-refractivity contribution in [2.24, 2.45) is 0 Å². The Morgan fingerprint density at radius 3 is 2.92 bits per heavy atom. The van der Waals surface area contributed by atoms with E-state index in [9.17, 15) is 9.90 Å². The van der Waals surface area contributed by atoms with Crippen LogP contribution in [0.4, 0.5) is 5.82 Å². The van der Waals surface area contributed by atoms with E-state index in [-0.39, 0.29) is 6.10 Å². The smallest absolute Gasteiger partial charge is 0.325 e. The summed E-state index contributed by atoms with van der Waals surface area (Å²) in [6.45, 7) is 5.12. The number of hydrogen-bond donors (Lipinski definition) is 2. The predicted molar refractivity (Wildman–Crippen MR) is 141 cm³/mol. The monoisotopic (exact) mass is 488 g/mol. The van der Waals surface area contributed by atoms with Gasteiger partial charge in [0.1, 0.15) is 11.9 Å². The molecule has 2 N–H and O–H groups in total. The molecule has 36 heavy (non-hydrogen) atoms.